The second-order valence-electron chi connectivity index (χ2n) is 4.79. The Hall–Kier alpha value is -2.54. The number of hydrogen-bond donors (Lipinski definition) is 0. The number of halogens is 3. The van der Waals surface area contributed by atoms with Crippen molar-refractivity contribution in [3.63, 3.8) is 0 Å². The highest BCUT2D eigenvalue weighted by molar-refractivity contribution is 5.79. The molecule has 0 aliphatic heterocycles. The molecule has 7 heteroatoms. The molecule has 0 fully saturated rings. The Morgan fingerprint density at radius 2 is 1.75 bits per heavy atom. The van der Waals surface area contributed by atoms with Gasteiger partial charge in [-0.1, -0.05) is 24.3 Å². The van der Waals surface area contributed by atoms with E-state index in [0.29, 0.717) is 23.0 Å². The zero-order valence-electron chi connectivity index (χ0n) is 12.8. The molecule has 2 aromatic carbocycles. The molecular formula is C17H15F3O4. The molecule has 0 bridgehead atoms. The molecular weight excluding hydrogens is 325 g/mol. The molecule has 2 aromatic rings. The average Bonchev–Trinajstić information content (AvgIpc) is 2.55. The van der Waals surface area contributed by atoms with Crippen LogP contribution in [0, 0.1) is 0 Å². The fourth-order valence-electron chi connectivity index (χ4n) is 2.04. The van der Waals surface area contributed by atoms with Gasteiger partial charge in [0.05, 0.1) is 6.61 Å². The minimum Gasteiger partial charge on any atom is -0.487 e. The van der Waals surface area contributed by atoms with E-state index in [9.17, 15) is 18.0 Å². The maximum atomic E-state index is 12.6. The Morgan fingerprint density at radius 1 is 1.00 bits per heavy atom. The number of carbonyl (C=O) groups excluding carboxylic acids is 1. The summed E-state index contributed by atoms with van der Waals surface area (Å²) in [7, 11) is 1.46. The van der Waals surface area contributed by atoms with Crippen molar-refractivity contribution in [2.45, 2.75) is 6.36 Å². The summed E-state index contributed by atoms with van der Waals surface area (Å²) in [6.07, 6.45) is -4.18. The van der Waals surface area contributed by atoms with Crippen molar-refractivity contribution < 1.29 is 32.2 Å². The van der Waals surface area contributed by atoms with E-state index in [-0.39, 0.29) is 19.0 Å². The minimum absolute atomic E-state index is 0.0420. The SMILES string of the molecule is COCCOc1ccc(-c2cccc(C=O)c2)cc1OC(F)(F)F. The highest BCUT2D eigenvalue weighted by atomic mass is 19.4. The highest BCUT2D eigenvalue weighted by Crippen LogP contribution is 2.36. The van der Waals surface area contributed by atoms with Crippen molar-refractivity contribution in [3.8, 4) is 22.6 Å². The van der Waals surface area contributed by atoms with Crippen LogP contribution in [0.1, 0.15) is 10.4 Å². The second kappa shape index (κ2) is 7.83. The van der Waals surface area contributed by atoms with E-state index < -0.39 is 12.1 Å². The molecule has 0 radical (unpaired) electrons. The first-order valence-corrected chi connectivity index (χ1v) is 7.00. The van der Waals surface area contributed by atoms with Crippen molar-refractivity contribution in [1.82, 2.24) is 0 Å². The van der Waals surface area contributed by atoms with Gasteiger partial charge in [-0.3, -0.25) is 4.79 Å². The van der Waals surface area contributed by atoms with E-state index in [1.807, 2.05) is 0 Å². The number of alkyl halides is 3. The topological polar surface area (TPSA) is 44.8 Å². The Bertz CT molecular complexity index is 698. The molecule has 0 aliphatic carbocycles. The summed E-state index contributed by atoms with van der Waals surface area (Å²) in [4.78, 5) is 10.8. The summed E-state index contributed by atoms with van der Waals surface area (Å²) in [5.74, 6) is -0.493. The van der Waals surface area contributed by atoms with Crippen molar-refractivity contribution in [2.75, 3.05) is 20.3 Å². The van der Waals surface area contributed by atoms with E-state index in [0.717, 1.165) is 0 Å². The molecule has 0 aromatic heterocycles. The van der Waals surface area contributed by atoms with Crippen LogP contribution < -0.4 is 9.47 Å². The normalized spacial score (nSPS) is 11.2. The lowest BCUT2D eigenvalue weighted by Crippen LogP contribution is -2.18. The van der Waals surface area contributed by atoms with Crippen molar-refractivity contribution in [2.24, 2.45) is 0 Å². The molecule has 0 aliphatic rings. The third kappa shape index (κ3) is 4.99. The maximum Gasteiger partial charge on any atom is 0.573 e. The largest absolute Gasteiger partial charge is 0.573 e. The third-order valence-corrected chi connectivity index (χ3v) is 3.07. The van der Waals surface area contributed by atoms with Gasteiger partial charge in [-0.15, -0.1) is 13.2 Å². The van der Waals surface area contributed by atoms with Crippen LogP contribution in [0.4, 0.5) is 13.2 Å². The van der Waals surface area contributed by atoms with E-state index in [1.54, 1.807) is 30.3 Å². The van der Waals surface area contributed by atoms with Crippen LogP contribution in [0.3, 0.4) is 0 Å². The van der Waals surface area contributed by atoms with Crippen molar-refractivity contribution in [3.05, 3.63) is 48.0 Å². The van der Waals surface area contributed by atoms with Crippen LogP contribution in [-0.4, -0.2) is 33.0 Å². The predicted molar refractivity (Wildman–Crippen MR) is 81.3 cm³/mol. The molecule has 0 unspecified atom stereocenters. The van der Waals surface area contributed by atoms with E-state index in [2.05, 4.69) is 4.74 Å². The minimum atomic E-state index is -4.84. The predicted octanol–water partition coefficient (Wildman–Crippen LogP) is 4.09. The van der Waals surface area contributed by atoms with Gasteiger partial charge in [0.15, 0.2) is 11.5 Å². The zero-order chi connectivity index (χ0) is 17.6. The lowest BCUT2D eigenvalue weighted by atomic mass is 10.0. The Labute approximate surface area is 136 Å². The highest BCUT2D eigenvalue weighted by Gasteiger charge is 2.32. The summed E-state index contributed by atoms with van der Waals surface area (Å²) in [6, 6.07) is 10.7. The summed E-state index contributed by atoms with van der Waals surface area (Å²) < 4.78 is 51.9. The van der Waals surface area contributed by atoms with Crippen LogP contribution in [0.2, 0.25) is 0 Å². The van der Waals surface area contributed by atoms with Crippen LogP contribution in [0.5, 0.6) is 11.5 Å². The first-order valence-electron chi connectivity index (χ1n) is 7.00. The number of aldehydes is 1. The Balaban J connectivity index is 2.36. The van der Waals surface area contributed by atoms with Gasteiger partial charge in [0, 0.05) is 12.7 Å². The van der Waals surface area contributed by atoms with Gasteiger partial charge in [0.1, 0.15) is 12.9 Å². The Morgan fingerprint density at radius 3 is 2.42 bits per heavy atom. The first kappa shape index (κ1) is 17.8. The third-order valence-electron chi connectivity index (χ3n) is 3.07. The summed E-state index contributed by atoms with van der Waals surface area (Å²) in [5.41, 5.74) is 1.48. The van der Waals surface area contributed by atoms with Gasteiger partial charge in [0.2, 0.25) is 0 Å². The van der Waals surface area contributed by atoms with E-state index >= 15 is 0 Å². The Kier molecular flexibility index (Phi) is 5.81. The molecule has 0 spiro atoms. The number of benzene rings is 2. The fourth-order valence-corrected chi connectivity index (χ4v) is 2.04. The molecule has 0 atom stereocenters. The summed E-state index contributed by atoms with van der Waals surface area (Å²) >= 11 is 0. The molecule has 4 nitrogen and oxygen atoms in total. The monoisotopic (exact) mass is 340 g/mol. The van der Waals surface area contributed by atoms with Crippen LogP contribution in [0.15, 0.2) is 42.5 Å². The number of hydrogen-bond acceptors (Lipinski definition) is 4. The van der Waals surface area contributed by atoms with E-state index in [1.165, 1.54) is 19.2 Å². The summed E-state index contributed by atoms with van der Waals surface area (Å²) in [5, 5.41) is 0. The standard InChI is InChI=1S/C17H15F3O4/c1-22-7-8-23-15-6-5-14(10-16(15)24-17(18,19)20)13-4-2-3-12(9-13)11-21/h2-6,9-11H,7-8H2,1H3. The number of rotatable bonds is 7. The molecule has 0 N–H and O–H groups in total. The first-order chi connectivity index (χ1) is 11.4. The van der Waals surface area contributed by atoms with Crippen LogP contribution in [-0.2, 0) is 4.74 Å². The fraction of sp³-hybridized carbons (Fsp3) is 0.235. The molecule has 0 amide bonds. The van der Waals surface area contributed by atoms with Gasteiger partial charge in [-0.2, -0.15) is 0 Å². The van der Waals surface area contributed by atoms with Crippen LogP contribution in [0.25, 0.3) is 11.1 Å². The van der Waals surface area contributed by atoms with E-state index in [4.69, 9.17) is 9.47 Å². The van der Waals surface area contributed by atoms with Crippen molar-refractivity contribution >= 4 is 6.29 Å². The quantitative estimate of drug-likeness (QED) is 0.562. The second-order valence-corrected chi connectivity index (χ2v) is 4.79. The molecule has 0 saturated carbocycles. The lowest BCUT2D eigenvalue weighted by molar-refractivity contribution is -0.275. The molecule has 24 heavy (non-hydrogen) atoms. The van der Waals surface area contributed by atoms with Crippen LogP contribution >= 0.6 is 0 Å². The van der Waals surface area contributed by atoms with Gasteiger partial charge in [-0.05, 0) is 29.3 Å². The molecule has 0 heterocycles. The number of ether oxygens (including phenoxy) is 3. The zero-order valence-corrected chi connectivity index (χ0v) is 12.8. The summed E-state index contributed by atoms with van der Waals surface area (Å²) in [6.45, 7) is 0.319. The average molecular weight is 340 g/mol. The van der Waals surface area contributed by atoms with Crippen molar-refractivity contribution in [1.29, 1.82) is 0 Å². The van der Waals surface area contributed by atoms with Gasteiger partial charge in [-0.25, -0.2) is 0 Å². The van der Waals surface area contributed by atoms with Gasteiger partial charge in [0.25, 0.3) is 0 Å². The molecule has 2 rings (SSSR count). The molecule has 0 saturated heterocycles. The smallest absolute Gasteiger partial charge is 0.487 e. The number of methoxy groups -OCH3 is 1. The van der Waals surface area contributed by atoms with Gasteiger partial charge < -0.3 is 14.2 Å². The lowest BCUT2D eigenvalue weighted by Gasteiger charge is -2.15. The molecule has 128 valence electrons. The maximum absolute atomic E-state index is 12.6. The van der Waals surface area contributed by atoms with Gasteiger partial charge >= 0.3 is 6.36 Å². The number of carbonyl (C=O) groups is 1.